The number of aliphatic hydroxyl groups is 1. The minimum Gasteiger partial charge on any atom is -0.445 e. The Hall–Kier alpha value is -3.39. The third-order valence-electron chi connectivity index (χ3n) is 4.66. The molecular formula is C23H28N3O5. The predicted octanol–water partition coefficient (Wildman–Crippen LogP) is 1.72. The van der Waals surface area contributed by atoms with Gasteiger partial charge in [-0.25, -0.2) is 4.79 Å². The summed E-state index contributed by atoms with van der Waals surface area (Å²) in [6, 6.07) is 13.7. The van der Waals surface area contributed by atoms with E-state index in [1.165, 1.54) is 0 Å². The Morgan fingerprint density at radius 1 is 1.06 bits per heavy atom. The molecule has 31 heavy (non-hydrogen) atoms. The molecule has 8 heteroatoms. The second-order valence-corrected chi connectivity index (χ2v) is 7.55. The van der Waals surface area contributed by atoms with E-state index in [1.54, 1.807) is 44.4 Å². The maximum absolute atomic E-state index is 12.8. The highest BCUT2D eigenvalue weighted by Gasteiger charge is 2.29. The van der Waals surface area contributed by atoms with E-state index < -0.39 is 30.2 Å². The number of rotatable bonds is 10. The van der Waals surface area contributed by atoms with Gasteiger partial charge in [0.2, 0.25) is 12.2 Å². The molecule has 5 N–H and O–H groups in total. The van der Waals surface area contributed by atoms with Crippen molar-refractivity contribution in [3.8, 4) is 0 Å². The zero-order valence-electron chi connectivity index (χ0n) is 17.6. The van der Waals surface area contributed by atoms with E-state index in [0.29, 0.717) is 11.3 Å². The van der Waals surface area contributed by atoms with E-state index in [4.69, 9.17) is 10.5 Å². The molecule has 0 spiro atoms. The molecule has 1 radical (unpaired) electrons. The van der Waals surface area contributed by atoms with Crippen LogP contribution in [-0.4, -0.2) is 41.6 Å². The minimum absolute atomic E-state index is 0.0378. The van der Waals surface area contributed by atoms with E-state index >= 15 is 0 Å². The van der Waals surface area contributed by atoms with Crippen LogP contribution in [0, 0.1) is 5.92 Å². The number of carbonyl (C=O) groups excluding carboxylic acids is 3. The van der Waals surface area contributed by atoms with Crippen LogP contribution in [0.1, 0.15) is 25.0 Å². The largest absolute Gasteiger partial charge is 0.445 e. The fourth-order valence-corrected chi connectivity index (χ4v) is 2.90. The summed E-state index contributed by atoms with van der Waals surface area (Å²) in [7, 11) is 0. The molecule has 0 fully saturated rings. The van der Waals surface area contributed by atoms with Gasteiger partial charge in [-0.15, -0.1) is 0 Å². The van der Waals surface area contributed by atoms with Crippen LogP contribution in [0.2, 0.25) is 0 Å². The van der Waals surface area contributed by atoms with Crippen molar-refractivity contribution >= 4 is 24.0 Å². The van der Waals surface area contributed by atoms with Crippen molar-refractivity contribution in [3.63, 3.8) is 0 Å². The van der Waals surface area contributed by atoms with Crippen molar-refractivity contribution in [2.75, 3.05) is 5.73 Å². The highest BCUT2D eigenvalue weighted by molar-refractivity contribution is 5.88. The van der Waals surface area contributed by atoms with E-state index in [1.807, 2.05) is 30.3 Å². The Labute approximate surface area is 181 Å². The molecule has 0 heterocycles. The molecule has 2 aromatic rings. The molecule has 2 aromatic carbocycles. The molecular weight excluding hydrogens is 398 g/mol. The van der Waals surface area contributed by atoms with E-state index in [9.17, 15) is 19.5 Å². The van der Waals surface area contributed by atoms with Gasteiger partial charge in [-0.1, -0.05) is 56.3 Å². The molecule has 0 aliphatic carbocycles. The van der Waals surface area contributed by atoms with Gasteiger partial charge >= 0.3 is 6.09 Å². The summed E-state index contributed by atoms with van der Waals surface area (Å²) in [4.78, 5) is 36.4. The molecule has 0 saturated carbocycles. The van der Waals surface area contributed by atoms with Crippen molar-refractivity contribution in [1.82, 2.24) is 10.6 Å². The average molecular weight is 426 g/mol. The summed E-state index contributed by atoms with van der Waals surface area (Å²) >= 11 is 0. The van der Waals surface area contributed by atoms with Gasteiger partial charge in [-0.3, -0.25) is 9.59 Å². The topological polar surface area (TPSA) is 131 Å². The average Bonchev–Trinajstić information content (AvgIpc) is 2.75. The Balaban J connectivity index is 2.10. The van der Waals surface area contributed by atoms with E-state index in [-0.39, 0.29) is 18.9 Å². The lowest BCUT2D eigenvalue weighted by Crippen LogP contribution is -2.54. The first-order valence-corrected chi connectivity index (χ1v) is 9.98. The maximum Gasteiger partial charge on any atom is 0.408 e. The zero-order valence-corrected chi connectivity index (χ0v) is 17.6. The van der Waals surface area contributed by atoms with Gasteiger partial charge in [-0.05, 0) is 29.2 Å². The van der Waals surface area contributed by atoms with Gasteiger partial charge in [0.1, 0.15) is 18.7 Å². The lowest BCUT2D eigenvalue weighted by atomic mass is 9.99. The van der Waals surface area contributed by atoms with E-state index in [0.717, 1.165) is 5.56 Å². The minimum atomic E-state index is -1.22. The molecule has 0 aliphatic rings. The summed E-state index contributed by atoms with van der Waals surface area (Å²) in [5, 5.41) is 15.1. The van der Waals surface area contributed by atoms with Crippen molar-refractivity contribution in [2.45, 2.75) is 45.1 Å². The van der Waals surface area contributed by atoms with E-state index in [2.05, 4.69) is 10.6 Å². The van der Waals surface area contributed by atoms with Gasteiger partial charge in [-0.2, -0.15) is 0 Å². The Morgan fingerprint density at radius 2 is 1.74 bits per heavy atom. The smallest absolute Gasteiger partial charge is 0.408 e. The number of alkyl carbamates (subject to hydrolysis) is 1. The highest BCUT2D eigenvalue weighted by Crippen LogP contribution is 2.11. The van der Waals surface area contributed by atoms with Crippen LogP contribution >= 0.6 is 0 Å². The van der Waals surface area contributed by atoms with Crippen LogP contribution in [0.5, 0.6) is 0 Å². The van der Waals surface area contributed by atoms with Crippen molar-refractivity contribution in [2.24, 2.45) is 5.92 Å². The van der Waals surface area contributed by atoms with Gasteiger partial charge in [0.05, 0.1) is 6.10 Å². The van der Waals surface area contributed by atoms with Gasteiger partial charge in [0, 0.05) is 12.1 Å². The zero-order chi connectivity index (χ0) is 22.8. The predicted molar refractivity (Wildman–Crippen MR) is 117 cm³/mol. The molecule has 2 rings (SSSR count). The van der Waals surface area contributed by atoms with Crippen LogP contribution in [0.4, 0.5) is 10.5 Å². The molecule has 0 aliphatic heterocycles. The fraction of sp³-hybridized carbons (Fsp3) is 0.348. The van der Waals surface area contributed by atoms with Crippen LogP contribution in [0.3, 0.4) is 0 Å². The molecule has 0 saturated heterocycles. The van der Waals surface area contributed by atoms with Crippen LogP contribution < -0.4 is 16.4 Å². The standard InChI is InChI=1S/C23H28N3O5/c1-15(2)21(28)20(13-27)25-22(29)19(12-17-9-6-10-18(24)11-17)26-23(30)31-14-16-7-4-3-5-8-16/h3-11,15,19-21,28H,12,14,24H2,1-2H3,(H,25,29)(H,26,30)/t19-,20+,21?/m0/s1. The van der Waals surface area contributed by atoms with Gasteiger partial charge < -0.3 is 26.2 Å². The number of nitrogens with two attached hydrogens (primary N) is 1. The molecule has 8 nitrogen and oxygen atoms in total. The van der Waals surface area contributed by atoms with Crippen LogP contribution in [0.25, 0.3) is 0 Å². The molecule has 165 valence electrons. The highest BCUT2D eigenvalue weighted by atomic mass is 16.5. The number of amides is 2. The number of benzene rings is 2. The number of aliphatic hydroxyl groups excluding tert-OH is 1. The number of anilines is 1. The Kier molecular flexibility index (Phi) is 9.02. The lowest BCUT2D eigenvalue weighted by Gasteiger charge is -2.25. The van der Waals surface area contributed by atoms with Crippen LogP contribution in [-0.2, 0) is 27.4 Å². The van der Waals surface area contributed by atoms with Crippen molar-refractivity contribution in [3.05, 3.63) is 65.7 Å². The summed E-state index contributed by atoms with van der Waals surface area (Å²) in [5.74, 6) is -0.921. The number of nitrogens with one attached hydrogen (secondary N) is 2. The second kappa shape index (κ2) is 11.7. The number of carbonyl (C=O) groups is 2. The van der Waals surface area contributed by atoms with Gasteiger partial charge in [0.25, 0.3) is 0 Å². The molecule has 1 unspecified atom stereocenters. The number of ether oxygens (including phenoxy) is 1. The molecule has 0 bridgehead atoms. The number of nitrogen functional groups attached to an aromatic ring is 1. The first-order valence-electron chi connectivity index (χ1n) is 9.98. The van der Waals surface area contributed by atoms with Crippen molar-refractivity contribution < 1.29 is 24.2 Å². The maximum atomic E-state index is 12.8. The molecule has 2 amide bonds. The summed E-state index contributed by atoms with van der Waals surface area (Å²) in [6.45, 7) is 3.46. The lowest BCUT2D eigenvalue weighted by molar-refractivity contribution is -0.124. The third kappa shape index (κ3) is 7.75. The number of hydrogen-bond donors (Lipinski definition) is 4. The Bertz CT molecular complexity index is 873. The summed E-state index contributed by atoms with van der Waals surface area (Å²) in [6.07, 6.45) is -0.142. The van der Waals surface area contributed by atoms with Crippen LogP contribution in [0.15, 0.2) is 54.6 Å². The summed E-state index contributed by atoms with van der Waals surface area (Å²) < 4.78 is 5.21. The third-order valence-corrected chi connectivity index (χ3v) is 4.66. The van der Waals surface area contributed by atoms with Crippen molar-refractivity contribution in [1.29, 1.82) is 0 Å². The first kappa shape index (κ1) is 23.9. The first-order chi connectivity index (χ1) is 14.8. The monoisotopic (exact) mass is 426 g/mol. The molecule has 3 atom stereocenters. The second-order valence-electron chi connectivity index (χ2n) is 7.55. The normalized spacial score (nSPS) is 13.7. The fourth-order valence-electron chi connectivity index (χ4n) is 2.90. The Morgan fingerprint density at radius 3 is 2.35 bits per heavy atom. The number of hydrogen-bond acceptors (Lipinski definition) is 6. The van der Waals surface area contributed by atoms with Gasteiger partial charge in [0.15, 0.2) is 0 Å². The molecule has 0 aromatic heterocycles. The SMILES string of the molecule is CC(C)C(O)[C@@H]([C]=O)NC(=O)[C@H](Cc1cccc(N)c1)NC(=O)OCc1ccccc1. The quantitative estimate of drug-likeness (QED) is 0.428. The summed E-state index contributed by atoms with van der Waals surface area (Å²) in [5.41, 5.74) is 7.82.